The van der Waals surface area contributed by atoms with E-state index in [9.17, 15) is 14.4 Å². The fourth-order valence-corrected chi connectivity index (χ4v) is 3.81. The molecule has 3 aromatic rings. The zero-order valence-corrected chi connectivity index (χ0v) is 19.3. The van der Waals surface area contributed by atoms with Crippen LogP contribution in [0.4, 0.5) is 17.1 Å². The van der Waals surface area contributed by atoms with E-state index in [0.29, 0.717) is 22.0 Å². The molecule has 1 aliphatic rings. The molecule has 0 atom stereocenters. The van der Waals surface area contributed by atoms with E-state index in [1.54, 1.807) is 42.5 Å². The van der Waals surface area contributed by atoms with Gasteiger partial charge in [-0.05, 0) is 67.4 Å². The van der Waals surface area contributed by atoms with Gasteiger partial charge in [0.2, 0.25) is 0 Å². The smallest absolute Gasteiger partial charge is 0.283 e. The van der Waals surface area contributed by atoms with E-state index in [4.69, 9.17) is 23.2 Å². The standard InChI is InChI=1S/C25H19Cl2N3O3/c1-14-9-10-15(2)20(11-14)29-23(31)16-5-3-7-18(12-16)28-22-21(27)24(32)30(25(22)33)19-8-4-6-17(26)13-19/h3-13,28H,1-2H3,(H,29,31). The highest BCUT2D eigenvalue weighted by atomic mass is 35.5. The minimum Gasteiger partial charge on any atom is -0.350 e. The first-order chi connectivity index (χ1) is 15.7. The minimum absolute atomic E-state index is 0.0753. The van der Waals surface area contributed by atoms with E-state index in [0.717, 1.165) is 21.7 Å². The Morgan fingerprint density at radius 3 is 2.39 bits per heavy atom. The molecular weight excluding hydrogens is 461 g/mol. The molecule has 33 heavy (non-hydrogen) atoms. The van der Waals surface area contributed by atoms with Crippen LogP contribution in [-0.4, -0.2) is 17.7 Å². The highest BCUT2D eigenvalue weighted by Crippen LogP contribution is 2.31. The van der Waals surface area contributed by atoms with Crippen LogP contribution >= 0.6 is 23.2 Å². The van der Waals surface area contributed by atoms with Crippen molar-refractivity contribution in [2.24, 2.45) is 0 Å². The first kappa shape index (κ1) is 22.6. The summed E-state index contributed by atoms with van der Waals surface area (Å²) in [6, 6.07) is 18.7. The topological polar surface area (TPSA) is 78.5 Å². The average Bonchev–Trinajstić information content (AvgIpc) is 2.99. The molecule has 0 bridgehead atoms. The van der Waals surface area contributed by atoms with Crippen molar-refractivity contribution in [3.8, 4) is 0 Å². The number of amides is 3. The molecule has 8 heteroatoms. The maximum Gasteiger partial charge on any atom is 0.283 e. The number of hydrogen-bond acceptors (Lipinski definition) is 4. The predicted molar refractivity (Wildman–Crippen MR) is 131 cm³/mol. The van der Waals surface area contributed by atoms with Gasteiger partial charge in [0.1, 0.15) is 10.7 Å². The lowest BCUT2D eigenvalue weighted by Crippen LogP contribution is -2.32. The van der Waals surface area contributed by atoms with Gasteiger partial charge in [0.25, 0.3) is 17.7 Å². The van der Waals surface area contributed by atoms with Gasteiger partial charge in [-0.1, -0.05) is 47.5 Å². The number of carbonyl (C=O) groups excluding carboxylic acids is 3. The van der Waals surface area contributed by atoms with Gasteiger partial charge in [0, 0.05) is 22.0 Å². The maximum absolute atomic E-state index is 12.9. The van der Waals surface area contributed by atoms with Gasteiger partial charge < -0.3 is 10.6 Å². The molecule has 166 valence electrons. The number of anilines is 3. The fraction of sp³-hybridized carbons (Fsp3) is 0.0800. The number of nitrogens with one attached hydrogen (secondary N) is 2. The molecule has 0 aliphatic carbocycles. The van der Waals surface area contributed by atoms with Gasteiger partial charge in [0.15, 0.2) is 0 Å². The Labute approximate surface area is 200 Å². The zero-order valence-electron chi connectivity index (χ0n) is 17.8. The molecular formula is C25H19Cl2N3O3. The van der Waals surface area contributed by atoms with Crippen LogP contribution in [0.1, 0.15) is 21.5 Å². The molecule has 0 saturated heterocycles. The lowest BCUT2D eigenvalue weighted by atomic mass is 10.1. The summed E-state index contributed by atoms with van der Waals surface area (Å²) in [7, 11) is 0. The van der Waals surface area contributed by atoms with Gasteiger partial charge in [-0.15, -0.1) is 0 Å². The number of nitrogens with zero attached hydrogens (tertiary/aromatic N) is 1. The molecule has 6 nitrogen and oxygen atoms in total. The number of aryl methyl sites for hydroxylation is 2. The highest BCUT2D eigenvalue weighted by molar-refractivity contribution is 6.53. The summed E-state index contributed by atoms with van der Waals surface area (Å²) >= 11 is 12.2. The first-order valence-electron chi connectivity index (χ1n) is 10.0. The quantitative estimate of drug-likeness (QED) is 0.463. The van der Waals surface area contributed by atoms with E-state index in [1.165, 1.54) is 6.07 Å². The zero-order chi connectivity index (χ0) is 23.7. The third-order valence-corrected chi connectivity index (χ3v) is 5.71. The van der Waals surface area contributed by atoms with Crippen LogP contribution in [0.15, 0.2) is 77.5 Å². The number of hydrogen-bond donors (Lipinski definition) is 2. The first-order valence-corrected chi connectivity index (χ1v) is 10.8. The Balaban J connectivity index is 1.55. The Hall–Kier alpha value is -3.61. The van der Waals surface area contributed by atoms with Crippen molar-refractivity contribution >= 4 is 58.0 Å². The second-order valence-corrected chi connectivity index (χ2v) is 8.41. The third kappa shape index (κ3) is 4.62. The lowest BCUT2D eigenvalue weighted by Gasteiger charge is -2.15. The molecule has 3 aromatic carbocycles. The highest BCUT2D eigenvalue weighted by Gasteiger charge is 2.39. The van der Waals surface area contributed by atoms with Crippen molar-refractivity contribution in [3.63, 3.8) is 0 Å². The van der Waals surface area contributed by atoms with Crippen LogP contribution in [0, 0.1) is 13.8 Å². The molecule has 3 amide bonds. The number of rotatable bonds is 5. The summed E-state index contributed by atoms with van der Waals surface area (Å²) in [4.78, 5) is 39.3. The summed E-state index contributed by atoms with van der Waals surface area (Å²) in [5.41, 5.74) is 3.74. The molecule has 4 rings (SSSR count). The Morgan fingerprint density at radius 1 is 0.879 bits per heavy atom. The van der Waals surface area contributed by atoms with E-state index in [-0.39, 0.29) is 16.6 Å². The third-order valence-electron chi connectivity index (χ3n) is 5.13. The summed E-state index contributed by atoms with van der Waals surface area (Å²) in [5.74, 6) is -1.57. The van der Waals surface area contributed by atoms with Gasteiger partial charge >= 0.3 is 0 Å². The van der Waals surface area contributed by atoms with Crippen LogP contribution in [0.5, 0.6) is 0 Å². The largest absolute Gasteiger partial charge is 0.350 e. The van der Waals surface area contributed by atoms with Crippen LogP contribution in [-0.2, 0) is 9.59 Å². The Kier molecular flexibility index (Phi) is 6.22. The number of halogens is 2. The van der Waals surface area contributed by atoms with Crippen molar-refractivity contribution in [2.45, 2.75) is 13.8 Å². The van der Waals surface area contributed by atoms with E-state index in [1.807, 2.05) is 32.0 Å². The molecule has 0 aromatic heterocycles. The van der Waals surface area contributed by atoms with Crippen molar-refractivity contribution in [1.29, 1.82) is 0 Å². The van der Waals surface area contributed by atoms with Gasteiger partial charge in [-0.25, -0.2) is 4.90 Å². The fourth-order valence-electron chi connectivity index (χ4n) is 3.41. The van der Waals surface area contributed by atoms with Crippen molar-refractivity contribution in [1.82, 2.24) is 0 Å². The Bertz CT molecular complexity index is 1330. The van der Waals surface area contributed by atoms with Crippen molar-refractivity contribution in [2.75, 3.05) is 15.5 Å². The molecule has 2 N–H and O–H groups in total. The molecule has 1 heterocycles. The van der Waals surface area contributed by atoms with Crippen molar-refractivity contribution < 1.29 is 14.4 Å². The van der Waals surface area contributed by atoms with Crippen LogP contribution in [0.25, 0.3) is 0 Å². The molecule has 0 spiro atoms. The Morgan fingerprint density at radius 2 is 1.64 bits per heavy atom. The van der Waals surface area contributed by atoms with Crippen molar-refractivity contribution in [3.05, 3.63) is 99.2 Å². The molecule has 0 fully saturated rings. The van der Waals surface area contributed by atoms with Gasteiger partial charge in [-0.3, -0.25) is 14.4 Å². The summed E-state index contributed by atoms with van der Waals surface area (Å²) in [5, 5.41) is 5.92. The van der Waals surface area contributed by atoms with Crippen LogP contribution in [0.3, 0.4) is 0 Å². The summed E-state index contributed by atoms with van der Waals surface area (Å²) in [6.07, 6.45) is 0. The normalized spacial score (nSPS) is 13.5. The molecule has 0 unspecified atom stereocenters. The van der Waals surface area contributed by atoms with E-state index < -0.39 is 11.8 Å². The predicted octanol–water partition coefficient (Wildman–Crippen LogP) is 5.64. The molecule has 0 radical (unpaired) electrons. The minimum atomic E-state index is -0.657. The number of benzene rings is 3. The molecule has 0 saturated carbocycles. The molecule has 1 aliphatic heterocycles. The second kappa shape index (κ2) is 9.10. The summed E-state index contributed by atoms with van der Waals surface area (Å²) in [6.45, 7) is 3.86. The maximum atomic E-state index is 12.9. The monoisotopic (exact) mass is 479 g/mol. The average molecular weight is 480 g/mol. The van der Waals surface area contributed by atoms with Gasteiger partial charge in [0.05, 0.1) is 5.69 Å². The van der Waals surface area contributed by atoms with E-state index >= 15 is 0 Å². The second-order valence-electron chi connectivity index (χ2n) is 7.59. The SMILES string of the molecule is Cc1ccc(C)c(NC(=O)c2cccc(NC3=C(Cl)C(=O)N(c4cccc(Cl)c4)C3=O)c2)c1. The van der Waals surface area contributed by atoms with Crippen LogP contribution in [0.2, 0.25) is 5.02 Å². The number of carbonyl (C=O) groups is 3. The lowest BCUT2D eigenvalue weighted by molar-refractivity contribution is -0.120. The van der Waals surface area contributed by atoms with Gasteiger partial charge in [-0.2, -0.15) is 0 Å². The summed E-state index contributed by atoms with van der Waals surface area (Å²) < 4.78 is 0. The number of imide groups is 1. The van der Waals surface area contributed by atoms with Crippen LogP contribution < -0.4 is 15.5 Å². The van der Waals surface area contributed by atoms with E-state index in [2.05, 4.69) is 10.6 Å².